The van der Waals surface area contributed by atoms with Crippen LogP contribution in [0.25, 0.3) is 33.6 Å². The third-order valence-electron chi connectivity index (χ3n) is 5.08. The highest BCUT2D eigenvalue weighted by Gasteiger charge is 2.24. The molecule has 0 spiro atoms. The second kappa shape index (κ2) is 6.26. The number of phenols is 1. The summed E-state index contributed by atoms with van der Waals surface area (Å²) >= 11 is 6.10. The summed E-state index contributed by atoms with van der Waals surface area (Å²) < 4.78 is 0. The fourth-order valence-corrected chi connectivity index (χ4v) is 3.86. The van der Waals surface area contributed by atoms with Crippen molar-refractivity contribution in [1.29, 1.82) is 0 Å². The van der Waals surface area contributed by atoms with Crippen molar-refractivity contribution in [3.05, 3.63) is 95.0 Å². The molecule has 0 unspecified atom stereocenters. The lowest BCUT2D eigenvalue weighted by atomic mass is 9.96. The molecular formula is C24H16ClNO. The summed E-state index contributed by atoms with van der Waals surface area (Å²) in [5.41, 5.74) is 8.98. The SMILES string of the molecule is Oc1ccc(-c2cc(-c3ccc(Cl)cc3)c3c(n2)-c2ccccc2C3)cc1. The molecule has 0 atom stereocenters. The van der Waals surface area contributed by atoms with Crippen LogP contribution in [0.2, 0.25) is 5.02 Å². The summed E-state index contributed by atoms with van der Waals surface area (Å²) in [5, 5.41) is 10.3. The number of pyridine rings is 1. The molecule has 3 heteroatoms. The molecule has 27 heavy (non-hydrogen) atoms. The van der Waals surface area contributed by atoms with E-state index in [0.29, 0.717) is 0 Å². The maximum absolute atomic E-state index is 9.61. The van der Waals surface area contributed by atoms with Crippen molar-refractivity contribution in [2.45, 2.75) is 6.42 Å². The van der Waals surface area contributed by atoms with Crippen LogP contribution in [0.1, 0.15) is 11.1 Å². The predicted molar refractivity (Wildman–Crippen MR) is 110 cm³/mol. The van der Waals surface area contributed by atoms with Crippen molar-refractivity contribution in [3.8, 4) is 39.4 Å². The summed E-state index contributed by atoms with van der Waals surface area (Å²) in [6.45, 7) is 0. The van der Waals surface area contributed by atoms with Crippen LogP contribution in [-0.4, -0.2) is 10.1 Å². The molecule has 0 saturated carbocycles. The topological polar surface area (TPSA) is 33.1 Å². The average molecular weight is 370 g/mol. The summed E-state index contributed by atoms with van der Waals surface area (Å²) in [6, 6.07) is 25.7. The number of phenolic OH excluding ortho intramolecular Hbond substituents is 1. The van der Waals surface area contributed by atoms with Gasteiger partial charge in [-0.05, 0) is 64.7 Å². The molecule has 4 aromatic rings. The highest BCUT2D eigenvalue weighted by Crippen LogP contribution is 2.42. The third-order valence-corrected chi connectivity index (χ3v) is 5.33. The Morgan fingerprint density at radius 3 is 2.26 bits per heavy atom. The predicted octanol–water partition coefficient (Wildman–Crippen LogP) is 6.35. The molecule has 0 radical (unpaired) electrons. The fourth-order valence-electron chi connectivity index (χ4n) is 3.74. The first-order valence-electron chi connectivity index (χ1n) is 8.86. The molecule has 1 aliphatic rings. The maximum Gasteiger partial charge on any atom is 0.115 e. The molecule has 1 aromatic heterocycles. The van der Waals surface area contributed by atoms with Crippen LogP contribution in [0.4, 0.5) is 0 Å². The highest BCUT2D eigenvalue weighted by atomic mass is 35.5. The molecule has 0 bridgehead atoms. The molecular weight excluding hydrogens is 354 g/mol. The fraction of sp³-hybridized carbons (Fsp3) is 0.0417. The Morgan fingerprint density at radius 1 is 0.778 bits per heavy atom. The van der Waals surface area contributed by atoms with Gasteiger partial charge in [0.05, 0.1) is 11.4 Å². The molecule has 1 N–H and O–H groups in total. The van der Waals surface area contributed by atoms with Crippen LogP contribution >= 0.6 is 11.6 Å². The number of aromatic nitrogens is 1. The standard InChI is InChI=1S/C24H16ClNO/c25-18-9-5-15(6-10-18)21-14-23(16-7-11-19(27)12-8-16)26-24-20-4-2-1-3-17(20)13-22(21)24/h1-12,14,27H,13H2. The molecule has 0 amide bonds. The highest BCUT2D eigenvalue weighted by molar-refractivity contribution is 6.30. The van der Waals surface area contributed by atoms with E-state index in [1.807, 2.05) is 24.3 Å². The van der Waals surface area contributed by atoms with Gasteiger partial charge in [0.2, 0.25) is 0 Å². The van der Waals surface area contributed by atoms with Gasteiger partial charge in [0.1, 0.15) is 5.75 Å². The van der Waals surface area contributed by atoms with Gasteiger partial charge in [-0.3, -0.25) is 0 Å². The summed E-state index contributed by atoms with van der Waals surface area (Å²) in [5.74, 6) is 0.253. The van der Waals surface area contributed by atoms with Crippen LogP contribution in [0.5, 0.6) is 5.75 Å². The van der Waals surface area contributed by atoms with E-state index >= 15 is 0 Å². The maximum atomic E-state index is 9.61. The van der Waals surface area contributed by atoms with Gasteiger partial charge in [-0.1, -0.05) is 48.0 Å². The molecule has 0 aliphatic heterocycles. The minimum Gasteiger partial charge on any atom is -0.508 e. The zero-order valence-electron chi connectivity index (χ0n) is 14.5. The summed E-state index contributed by atoms with van der Waals surface area (Å²) in [7, 11) is 0. The number of nitrogens with zero attached hydrogens (tertiary/aromatic N) is 1. The van der Waals surface area contributed by atoms with Gasteiger partial charge in [-0.2, -0.15) is 0 Å². The number of halogens is 1. The smallest absolute Gasteiger partial charge is 0.115 e. The number of hydrogen-bond donors (Lipinski definition) is 1. The molecule has 0 fully saturated rings. The lowest BCUT2D eigenvalue weighted by molar-refractivity contribution is 0.475. The first kappa shape index (κ1) is 16.1. The summed E-state index contributed by atoms with van der Waals surface area (Å²) in [4.78, 5) is 4.99. The van der Waals surface area contributed by atoms with E-state index in [0.717, 1.165) is 34.0 Å². The van der Waals surface area contributed by atoms with E-state index in [1.54, 1.807) is 12.1 Å². The van der Waals surface area contributed by atoms with Crippen molar-refractivity contribution in [2.75, 3.05) is 0 Å². The molecule has 130 valence electrons. The largest absolute Gasteiger partial charge is 0.508 e. The normalized spacial score (nSPS) is 11.9. The van der Waals surface area contributed by atoms with Crippen molar-refractivity contribution < 1.29 is 5.11 Å². The second-order valence-electron chi connectivity index (χ2n) is 6.77. The number of benzene rings is 3. The molecule has 3 aromatic carbocycles. The van der Waals surface area contributed by atoms with Crippen LogP contribution in [0, 0.1) is 0 Å². The first-order chi connectivity index (χ1) is 13.2. The van der Waals surface area contributed by atoms with Crippen LogP contribution in [0.3, 0.4) is 0 Å². The van der Waals surface area contributed by atoms with Gasteiger partial charge < -0.3 is 5.11 Å². The van der Waals surface area contributed by atoms with E-state index in [1.165, 1.54) is 22.3 Å². The molecule has 1 aliphatic carbocycles. The first-order valence-corrected chi connectivity index (χ1v) is 9.24. The Kier molecular flexibility index (Phi) is 3.73. The Balaban J connectivity index is 1.76. The lowest BCUT2D eigenvalue weighted by Gasteiger charge is -2.12. The van der Waals surface area contributed by atoms with Crippen LogP contribution in [-0.2, 0) is 6.42 Å². The van der Waals surface area contributed by atoms with Gasteiger partial charge in [-0.15, -0.1) is 0 Å². The Bertz CT molecular complexity index is 1150. The van der Waals surface area contributed by atoms with Gasteiger partial charge in [0, 0.05) is 22.6 Å². The molecule has 1 heterocycles. The lowest BCUT2D eigenvalue weighted by Crippen LogP contribution is -1.94. The van der Waals surface area contributed by atoms with Crippen molar-refractivity contribution in [1.82, 2.24) is 4.98 Å². The van der Waals surface area contributed by atoms with Gasteiger partial charge in [-0.25, -0.2) is 4.98 Å². The molecule has 5 rings (SSSR count). The van der Waals surface area contributed by atoms with Crippen molar-refractivity contribution >= 4 is 11.6 Å². The van der Waals surface area contributed by atoms with E-state index in [9.17, 15) is 5.11 Å². The number of hydrogen-bond acceptors (Lipinski definition) is 2. The summed E-state index contributed by atoms with van der Waals surface area (Å²) in [6.07, 6.45) is 0.881. The van der Waals surface area contributed by atoms with E-state index < -0.39 is 0 Å². The van der Waals surface area contributed by atoms with Gasteiger partial charge >= 0.3 is 0 Å². The second-order valence-corrected chi connectivity index (χ2v) is 7.21. The quantitative estimate of drug-likeness (QED) is 0.393. The molecule has 0 saturated heterocycles. The monoisotopic (exact) mass is 369 g/mol. The number of rotatable bonds is 2. The number of aromatic hydroxyl groups is 1. The minimum atomic E-state index is 0.253. The Morgan fingerprint density at radius 2 is 1.48 bits per heavy atom. The van der Waals surface area contributed by atoms with E-state index in [4.69, 9.17) is 16.6 Å². The van der Waals surface area contributed by atoms with E-state index in [2.05, 4.69) is 42.5 Å². The van der Waals surface area contributed by atoms with Crippen LogP contribution in [0.15, 0.2) is 78.9 Å². The van der Waals surface area contributed by atoms with E-state index in [-0.39, 0.29) is 5.75 Å². The zero-order chi connectivity index (χ0) is 18.4. The van der Waals surface area contributed by atoms with Gasteiger partial charge in [0.25, 0.3) is 0 Å². The number of fused-ring (bicyclic) bond motifs is 3. The zero-order valence-corrected chi connectivity index (χ0v) is 15.2. The molecule has 2 nitrogen and oxygen atoms in total. The van der Waals surface area contributed by atoms with Crippen molar-refractivity contribution in [3.63, 3.8) is 0 Å². The Hall–Kier alpha value is -3.10. The van der Waals surface area contributed by atoms with Gasteiger partial charge in [0.15, 0.2) is 0 Å². The van der Waals surface area contributed by atoms with Crippen molar-refractivity contribution in [2.24, 2.45) is 0 Å². The third kappa shape index (κ3) is 2.79. The average Bonchev–Trinajstić information content (AvgIpc) is 3.07. The Labute approximate surface area is 162 Å². The van der Waals surface area contributed by atoms with Crippen LogP contribution < -0.4 is 0 Å². The minimum absolute atomic E-state index is 0.253.